The highest BCUT2D eigenvalue weighted by molar-refractivity contribution is 5.72. The van der Waals surface area contributed by atoms with E-state index in [4.69, 9.17) is 10.5 Å². The number of rotatable bonds is 8. The summed E-state index contributed by atoms with van der Waals surface area (Å²) in [4.78, 5) is 11.2. The maximum absolute atomic E-state index is 11.2. The van der Waals surface area contributed by atoms with Gasteiger partial charge in [-0.2, -0.15) is 0 Å². The molecule has 5 heteroatoms. The summed E-state index contributed by atoms with van der Waals surface area (Å²) in [5.41, 5.74) is 7.83. The van der Waals surface area contributed by atoms with Gasteiger partial charge in [0.05, 0.1) is 26.2 Å². The van der Waals surface area contributed by atoms with E-state index in [9.17, 15) is 9.90 Å². The van der Waals surface area contributed by atoms with E-state index in [1.807, 2.05) is 61.5 Å². The van der Waals surface area contributed by atoms with Crippen molar-refractivity contribution in [3.8, 4) is 5.75 Å². The molecule has 2 unspecified atom stereocenters. The fourth-order valence-corrected chi connectivity index (χ4v) is 2.46. The van der Waals surface area contributed by atoms with E-state index < -0.39 is 12.1 Å². The van der Waals surface area contributed by atoms with E-state index in [2.05, 4.69) is 4.74 Å². The zero-order valence-electron chi connectivity index (χ0n) is 14.6. The molecule has 0 aliphatic heterocycles. The predicted octanol–water partition coefficient (Wildman–Crippen LogP) is 2.48. The molecule has 0 saturated heterocycles. The number of hydrogen-bond acceptors (Lipinski definition) is 5. The molecule has 25 heavy (non-hydrogen) atoms. The first-order valence-corrected chi connectivity index (χ1v) is 8.28. The highest BCUT2D eigenvalue weighted by atomic mass is 16.5. The zero-order chi connectivity index (χ0) is 18.2. The summed E-state index contributed by atoms with van der Waals surface area (Å²) in [6.45, 7) is 2.34. The molecule has 0 saturated carbocycles. The molecular formula is C20H25NO4. The van der Waals surface area contributed by atoms with Gasteiger partial charge in [0.1, 0.15) is 5.75 Å². The van der Waals surface area contributed by atoms with Gasteiger partial charge in [0.15, 0.2) is 0 Å². The van der Waals surface area contributed by atoms with Crippen molar-refractivity contribution in [2.75, 3.05) is 13.7 Å². The highest BCUT2D eigenvalue weighted by Crippen LogP contribution is 2.21. The van der Waals surface area contributed by atoms with Gasteiger partial charge < -0.3 is 20.3 Å². The smallest absolute Gasteiger partial charge is 0.309 e. The van der Waals surface area contributed by atoms with Crippen molar-refractivity contribution in [1.29, 1.82) is 0 Å². The molecule has 0 bridgehead atoms. The topological polar surface area (TPSA) is 81.8 Å². The van der Waals surface area contributed by atoms with E-state index in [1.54, 1.807) is 0 Å². The number of carbonyl (C=O) groups is 1. The number of methoxy groups -OCH3 is 1. The monoisotopic (exact) mass is 343 g/mol. The van der Waals surface area contributed by atoms with Gasteiger partial charge in [-0.3, -0.25) is 4.79 Å². The molecule has 0 aromatic heterocycles. The van der Waals surface area contributed by atoms with Crippen molar-refractivity contribution in [3.05, 3.63) is 65.7 Å². The van der Waals surface area contributed by atoms with Crippen LogP contribution in [0.5, 0.6) is 5.75 Å². The van der Waals surface area contributed by atoms with Gasteiger partial charge >= 0.3 is 5.97 Å². The molecule has 3 atom stereocenters. The minimum Gasteiger partial charge on any atom is -0.493 e. The number of benzene rings is 2. The van der Waals surface area contributed by atoms with E-state index in [0.717, 1.165) is 11.1 Å². The van der Waals surface area contributed by atoms with Crippen molar-refractivity contribution in [3.63, 3.8) is 0 Å². The second-order valence-electron chi connectivity index (χ2n) is 6.12. The van der Waals surface area contributed by atoms with Crippen LogP contribution in [0, 0.1) is 5.92 Å². The highest BCUT2D eigenvalue weighted by Gasteiger charge is 2.23. The molecule has 2 aromatic rings. The van der Waals surface area contributed by atoms with E-state index in [1.165, 1.54) is 7.11 Å². The third-order valence-electron chi connectivity index (χ3n) is 4.18. The molecule has 0 aliphatic rings. The van der Waals surface area contributed by atoms with Crippen molar-refractivity contribution in [1.82, 2.24) is 0 Å². The van der Waals surface area contributed by atoms with Crippen LogP contribution in [0.1, 0.15) is 24.2 Å². The standard InChI is InChI=1S/C20H25NO4/c1-14(19(21)20(23)16-6-4-3-5-7-16)13-25-17-10-8-15(9-11-17)12-18(22)24-2/h3-11,14,19-20,23H,12-13,21H2,1-2H3/t14-,19?,20?/m0/s1. The summed E-state index contributed by atoms with van der Waals surface area (Å²) in [6, 6.07) is 16.2. The van der Waals surface area contributed by atoms with Gasteiger partial charge in [-0.05, 0) is 23.3 Å². The van der Waals surface area contributed by atoms with Crippen LogP contribution in [-0.2, 0) is 16.0 Å². The first kappa shape index (κ1) is 19.0. The van der Waals surface area contributed by atoms with E-state index in [0.29, 0.717) is 12.4 Å². The molecule has 0 radical (unpaired) electrons. The van der Waals surface area contributed by atoms with Gasteiger partial charge in [-0.1, -0.05) is 49.4 Å². The number of nitrogens with two attached hydrogens (primary N) is 1. The third-order valence-corrected chi connectivity index (χ3v) is 4.18. The Kier molecular flexibility index (Phi) is 6.98. The van der Waals surface area contributed by atoms with Crippen LogP contribution in [0.3, 0.4) is 0 Å². The Morgan fingerprint density at radius 2 is 1.76 bits per heavy atom. The van der Waals surface area contributed by atoms with Crippen molar-refractivity contribution >= 4 is 5.97 Å². The largest absolute Gasteiger partial charge is 0.493 e. The lowest BCUT2D eigenvalue weighted by atomic mass is 9.93. The van der Waals surface area contributed by atoms with Crippen LogP contribution in [0.4, 0.5) is 0 Å². The lowest BCUT2D eigenvalue weighted by molar-refractivity contribution is -0.139. The number of aliphatic hydroxyl groups excluding tert-OH is 1. The van der Waals surface area contributed by atoms with Crippen LogP contribution in [0.2, 0.25) is 0 Å². The lowest BCUT2D eigenvalue weighted by Crippen LogP contribution is -2.37. The van der Waals surface area contributed by atoms with Gasteiger partial charge in [-0.15, -0.1) is 0 Å². The summed E-state index contributed by atoms with van der Waals surface area (Å²) < 4.78 is 10.4. The summed E-state index contributed by atoms with van der Waals surface area (Å²) in [5, 5.41) is 10.4. The number of esters is 1. The lowest BCUT2D eigenvalue weighted by Gasteiger charge is -2.25. The van der Waals surface area contributed by atoms with E-state index >= 15 is 0 Å². The van der Waals surface area contributed by atoms with Gasteiger partial charge in [-0.25, -0.2) is 0 Å². The molecule has 2 aromatic carbocycles. The Morgan fingerprint density at radius 3 is 2.36 bits per heavy atom. The van der Waals surface area contributed by atoms with Crippen molar-refractivity contribution < 1.29 is 19.4 Å². The van der Waals surface area contributed by atoms with Gasteiger partial charge in [0, 0.05) is 12.0 Å². The Labute approximate surface area is 148 Å². The average molecular weight is 343 g/mol. The molecule has 0 heterocycles. The van der Waals surface area contributed by atoms with Crippen molar-refractivity contribution in [2.45, 2.75) is 25.5 Å². The van der Waals surface area contributed by atoms with Gasteiger partial charge in [0.25, 0.3) is 0 Å². The SMILES string of the molecule is COC(=O)Cc1ccc(OC[C@H](C)C(N)C(O)c2ccccc2)cc1. The fraction of sp³-hybridized carbons (Fsp3) is 0.350. The van der Waals surface area contributed by atoms with Gasteiger partial charge in [0.2, 0.25) is 0 Å². The molecule has 0 aliphatic carbocycles. The molecule has 2 rings (SSSR count). The van der Waals surface area contributed by atoms with Crippen LogP contribution < -0.4 is 10.5 Å². The Hall–Kier alpha value is -2.37. The number of aliphatic hydroxyl groups is 1. The minimum atomic E-state index is -0.734. The van der Waals surface area contributed by atoms with Crippen LogP contribution in [0.15, 0.2) is 54.6 Å². The van der Waals surface area contributed by atoms with Crippen LogP contribution in [-0.4, -0.2) is 30.8 Å². The minimum absolute atomic E-state index is 0.0371. The van der Waals surface area contributed by atoms with Crippen LogP contribution >= 0.6 is 0 Å². The first-order valence-electron chi connectivity index (χ1n) is 8.28. The number of carbonyl (C=O) groups excluding carboxylic acids is 1. The average Bonchev–Trinajstić information content (AvgIpc) is 2.66. The van der Waals surface area contributed by atoms with Crippen molar-refractivity contribution in [2.24, 2.45) is 11.7 Å². The molecular weight excluding hydrogens is 318 g/mol. The maximum atomic E-state index is 11.2. The predicted molar refractivity (Wildman–Crippen MR) is 96.2 cm³/mol. The summed E-state index contributed by atoms with van der Waals surface area (Å²) in [6.07, 6.45) is -0.497. The molecule has 5 nitrogen and oxygen atoms in total. The molecule has 3 N–H and O–H groups in total. The number of ether oxygens (including phenoxy) is 2. The molecule has 134 valence electrons. The Morgan fingerprint density at radius 1 is 1.12 bits per heavy atom. The second-order valence-corrected chi connectivity index (χ2v) is 6.12. The first-order chi connectivity index (χ1) is 12.0. The number of hydrogen-bond donors (Lipinski definition) is 2. The summed E-state index contributed by atoms with van der Waals surface area (Å²) in [7, 11) is 1.37. The normalized spacial score (nSPS) is 14.4. The Bertz CT molecular complexity index is 657. The second kappa shape index (κ2) is 9.20. The maximum Gasteiger partial charge on any atom is 0.309 e. The summed E-state index contributed by atoms with van der Waals surface area (Å²) in [5.74, 6) is 0.384. The molecule has 0 fully saturated rings. The fourth-order valence-electron chi connectivity index (χ4n) is 2.46. The summed E-state index contributed by atoms with van der Waals surface area (Å²) >= 11 is 0. The Balaban J connectivity index is 1.86. The quantitative estimate of drug-likeness (QED) is 0.720. The molecule has 0 amide bonds. The third kappa shape index (κ3) is 5.59. The van der Waals surface area contributed by atoms with Crippen LogP contribution in [0.25, 0.3) is 0 Å². The van der Waals surface area contributed by atoms with E-state index in [-0.39, 0.29) is 18.3 Å². The molecule has 0 spiro atoms. The zero-order valence-corrected chi connectivity index (χ0v) is 14.6.